The molecule has 0 aromatic heterocycles. The van der Waals surface area contributed by atoms with Crippen LogP contribution >= 0.6 is 0 Å². The van der Waals surface area contributed by atoms with Crippen molar-refractivity contribution in [3.63, 3.8) is 0 Å². The second-order valence-corrected chi connectivity index (χ2v) is 6.28. The Labute approximate surface area is 123 Å². The van der Waals surface area contributed by atoms with Gasteiger partial charge in [0.25, 0.3) is 0 Å². The molecule has 0 aromatic rings. The van der Waals surface area contributed by atoms with Crippen molar-refractivity contribution < 1.29 is 9.90 Å². The third-order valence-corrected chi connectivity index (χ3v) is 4.72. The van der Waals surface area contributed by atoms with Crippen molar-refractivity contribution in [1.82, 2.24) is 5.32 Å². The molecule has 4 heteroatoms. The predicted octanol–water partition coefficient (Wildman–Crippen LogP) is 2.20. The molecule has 0 saturated heterocycles. The first-order valence-electron chi connectivity index (χ1n) is 8.27. The average Bonchev–Trinajstić information content (AvgIpc) is 2.71. The molecular weight excluding hydrogens is 252 g/mol. The van der Waals surface area contributed by atoms with E-state index in [-0.39, 0.29) is 17.9 Å². The highest BCUT2D eigenvalue weighted by atomic mass is 16.3. The third kappa shape index (κ3) is 5.06. The van der Waals surface area contributed by atoms with Crippen molar-refractivity contribution in [2.45, 2.75) is 64.7 Å². The monoisotopic (exact) mass is 284 g/mol. The zero-order chi connectivity index (χ0) is 14.8. The fourth-order valence-electron chi connectivity index (χ4n) is 3.29. The molecule has 118 valence electrons. The summed E-state index contributed by atoms with van der Waals surface area (Å²) in [7, 11) is 0. The Morgan fingerprint density at radius 1 is 1.25 bits per heavy atom. The number of aliphatic hydroxyl groups excluding tert-OH is 1. The summed E-state index contributed by atoms with van der Waals surface area (Å²) in [5, 5.41) is 12.2. The molecular formula is C16H32N2O2. The van der Waals surface area contributed by atoms with E-state index in [0.29, 0.717) is 19.0 Å². The summed E-state index contributed by atoms with van der Waals surface area (Å²) in [6.45, 7) is 3.47. The van der Waals surface area contributed by atoms with Crippen LogP contribution in [-0.4, -0.2) is 30.7 Å². The maximum Gasteiger partial charge on any atom is 0.227 e. The minimum Gasteiger partial charge on any atom is -0.396 e. The van der Waals surface area contributed by atoms with Crippen LogP contribution in [0.5, 0.6) is 0 Å². The van der Waals surface area contributed by atoms with Gasteiger partial charge in [0.05, 0.1) is 5.41 Å². The van der Waals surface area contributed by atoms with E-state index >= 15 is 0 Å². The molecule has 1 aliphatic rings. The zero-order valence-electron chi connectivity index (χ0n) is 13.0. The number of nitrogens with one attached hydrogen (secondary N) is 1. The second kappa shape index (κ2) is 9.35. The normalized spacial score (nSPS) is 20.1. The van der Waals surface area contributed by atoms with Crippen LogP contribution in [0.25, 0.3) is 0 Å². The Morgan fingerprint density at radius 3 is 2.40 bits per heavy atom. The molecule has 0 radical (unpaired) electrons. The SMILES string of the molecule is CCCC(CCO)CNC(=O)C1(CN)CCCCCC1. The topological polar surface area (TPSA) is 75.3 Å². The molecule has 4 N–H and O–H groups in total. The fourth-order valence-corrected chi connectivity index (χ4v) is 3.29. The number of amides is 1. The Morgan fingerprint density at radius 2 is 1.90 bits per heavy atom. The number of hydrogen-bond donors (Lipinski definition) is 3. The molecule has 4 nitrogen and oxygen atoms in total. The van der Waals surface area contributed by atoms with E-state index < -0.39 is 0 Å². The number of nitrogens with two attached hydrogens (primary N) is 1. The molecule has 0 spiro atoms. The van der Waals surface area contributed by atoms with Crippen LogP contribution in [0.3, 0.4) is 0 Å². The van der Waals surface area contributed by atoms with Crippen molar-refractivity contribution in [2.24, 2.45) is 17.1 Å². The molecule has 0 bridgehead atoms. The van der Waals surface area contributed by atoms with Gasteiger partial charge in [-0.3, -0.25) is 4.79 Å². The lowest BCUT2D eigenvalue weighted by Crippen LogP contribution is -2.47. The molecule has 1 rings (SSSR count). The van der Waals surface area contributed by atoms with Crippen LogP contribution in [0, 0.1) is 11.3 Å². The van der Waals surface area contributed by atoms with Crippen molar-refractivity contribution in [3.8, 4) is 0 Å². The van der Waals surface area contributed by atoms with E-state index in [9.17, 15) is 4.79 Å². The maximum absolute atomic E-state index is 12.6. The third-order valence-electron chi connectivity index (χ3n) is 4.72. The number of hydrogen-bond acceptors (Lipinski definition) is 3. The molecule has 1 atom stereocenters. The van der Waals surface area contributed by atoms with Crippen LogP contribution in [0.2, 0.25) is 0 Å². The van der Waals surface area contributed by atoms with E-state index in [1.165, 1.54) is 12.8 Å². The van der Waals surface area contributed by atoms with Gasteiger partial charge >= 0.3 is 0 Å². The largest absolute Gasteiger partial charge is 0.396 e. The lowest BCUT2D eigenvalue weighted by atomic mass is 9.79. The smallest absolute Gasteiger partial charge is 0.227 e. The van der Waals surface area contributed by atoms with Gasteiger partial charge in [-0.2, -0.15) is 0 Å². The lowest BCUT2D eigenvalue weighted by molar-refractivity contribution is -0.131. The molecule has 0 heterocycles. The number of carbonyl (C=O) groups is 1. The number of rotatable bonds is 8. The second-order valence-electron chi connectivity index (χ2n) is 6.28. The van der Waals surface area contributed by atoms with E-state index in [1.54, 1.807) is 0 Å². The van der Waals surface area contributed by atoms with E-state index in [0.717, 1.165) is 44.9 Å². The van der Waals surface area contributed by atoms with Crippen LogP contribution < -0.4 is 11.1 Å². The summed E-state index contributed by atoms with van der Waals surface area (Å²) in [6.07, 6.45) is 9.42. The van der Waals surface area contributed by atoms with Gasteiger partial charge in [0, 0.05) is 19.7 Å². The molecule has 1 amide bonds. The van der Waals surface area contributed by atoms with Gasteiger partial charge in [0.15, 0.2) is 0 Å². The molecule has 20 heavy (non-hydrogen) atoms. The summed E-state index contributed by atoms with van der Waals surface area (Å²) in [6, 6.07) is 0. The maximum atomic E-state index is 12.6. The highest BCUT2D eigenvalue weighted by Gasteiger charge is 2.37. The Balaban J connectivity index is 2.53. The highest BCUT2D eigenvalue weighted by molar-refractivity contribution is 5.82. The minimum atomic E-state index is -0.341. The van der Waals surface area contributed by atoms with E-state index in [1.807, 2.05) is 0 Å². The molecule has 1 fully saturated rings. The van der Waals surface area contributed by atoms with Gasteiger partial charge in [-0.15, -0.1) is 0 Å². The van der Waals surface area contributed by atoms with Gasteiger partial charge in [0.2, 0.25) is 5.91 Å². The van der Waals surface area contributed by atoms with Crippen molar-refractivity contribution in [1.29, 1.82) is 0 Å². The van der Waals surface area contributed by atoms with Crippen molar-refractivity contribution >= 4 is 5.91 Å². The number of carbonyl (C=O) groups excluding carboxylic acids is 1. The molecule has 0 aromatic carbocycles. The zero-order valence-corrected chi connectivity index (χ0v) is 13.0. The van der Waals surface area contributed by atoms with Gasteiger partial charge in [-0.25, -0.2) is 0 Å². The van der Waals surface area contributed by atoms with Gasteiger partial charge < -0.3 is 16.2 Å². The number of aliphatic hydroxyl groups is 1. The summed E-state index contributed by atoms with van der Waals surface area (Å²) < 4.78 is 0. The van der Waals surface area contributed by atoms with Crippen LogP contribution in [-0.2, 0) is 4.79 Å². The van der Waals surface area contributed by atoms with Crippen molar-refractivity contribution in [2.75, 3.05) is 19.7 Å². The summed E-state index contributed by atoms with van der Waals surface area (Å²) in [4.78, 5) is 12.6. The van der Waals surface area contributed by atoms with Crippen LogP contribution in [0.4, 0.5) is 0 Å². The fraction of sp³-hybridized carbons (Fsp3) is 0.938. The Bertz CT molecular complexity index is 268. The molecule has 1 saturated carbocycles. The standard InChI is InChI=1S/C16H32N2O2/c1-2-7-14(8-11-19)12-18-15(20)16(13-17)9-5-3-4-6-10-16/h14,19H,2-13,17H2,1H3,(H,18,20). The average molecular weight is 284 g/mol. The molecule has 1 aliphatic carbocycles. The van der Waals surface area contributed by atoms with Crippen LogP contribution in [0.15, 0.2) is 0 Å². The first-order valence-corrected chi connectivity index (χ1v) is 8.27. The van der Waals surface area contributed by atoms with Crippen LogP contribution in [0.1, 0.15) is 64.7 Å². The van der Waals surface area contributed by atoms with Gasteiger partial charge in [-0.1, -0.05) is 39.0 Å². The predicted molar refractivity (Wildman–Crippen MR) is 82.3 cm³/mol. The summed E-state index contributed by atoms with van der Waals surface area (Å²) in [5.41, 5.74) is 5.59. The first-order chi connectivity index (χ1) is 9.68. The van der Waals surface area contributed by atoms with E-state index in [2.05, 4.69) is 12.2 Å². The molecule has 1 unspecified atom stereocenters. The minimum absolute atomic E-state index is 0.140. The van der Waals surface area contributed by atoms with E-state index in [4.69, 9.17) is 10.8 Å². The summed E-state index contributed by atoms with van der Waals surface area (Å²) >= 11 is 0. The van der Waals surface area contributed by atoms with Gasteiger partial charge in [-0.05, 0) is 31.6 Å². The summed E-state index contributed by atoms with van der Waals surface area (Å²) in [5.74, 6) is 0.524. The first kappa shape index (κ1) is 17.4. The highest BCUT2D eigenvalue weighted by Crippen LogP contribution is 2.34. The molecule has 0 aliphatic heterocycles. The quantitative estimate of drug-likeness (QED) is 0.598. The Kier molecular flexibility index (Phi) is 8.15. The van der Waals surface area contributed by atoms with Crippen molar-refractivity contribution in [3.05, 3.63) is 0 Å². The van der Waals surface area contributed by atoms with Gasteiger partial charge in [0.1, 0.15) is 0 Å². The Hall–Kier alpha value is -0.610. The lowest BCUT2D eigenvalue weighted by Gasteiger charge is -2.30.